The summed E-state index contributed by atoms with van der Waals surface area (Å²) >= 11 is 0. The van der Waals surface area contributed by atoms with Crippen molar-refractivity contribution in [3.8, 4) is 11.4 Å². The molecular formula is C20H16N4O. The molecule has 4 aromatic rings. The molecule has 0 aliphatic carbocycles. The maximum atomic E-state index is 12.2. The summed E-state index contributed by atoms with van der Waals surface area (Å²) in [5, 5.41) is 14.2. The van der Waals surface area contributed by atoms with Gasteiger partial charge in [0.25, 0.3) is 0 Å². The van der Waals surface area contributed by atoms with Crippen LogP contribution in [0.3, 0.4) is 0 Å². The zero-order chi connectivity index (χ0) is 17.2. The van der Waals surface area contributed by atoms with Crippen molar-refractivity contribution < 1.29 is 4.79 Å². The number of aromatic nitrogens is 4. The van der Waals surface area contributed by atoms with E-state index in [1.807, 2.05) is 66.7 Å². The van der Waals surface area contributed by atoms with Gasteiger partial charge in [0.2, 0.25) is 0 Å². The number of carbonyl (C=O) groups is 1. The molecule has 0 unspecified atom stereocenters. The van der Waals surface area contributed by atoms with Gasteiger partial charge in [-0.25, -0.2) is 4.68 Å². The van der Waals surface area contributed by atoms with Crippen LogP contribution in [0.2, 0.25) is 0 Å². The molecule has 1 heterocycles. The number of benzene rings is 3. The quantitative estimate of drug-likeness (QED) is 0.535. The highest BCUT2D eigenvalue weighted by atomic mass is 16.1. The average Bonchev–Trinajstić information content (AvgIpc) is 3.09. The SMILES string of the molecule is CC(=O)c1cc2ccccc2cc1-c1nnnn1Cc1ccccc1. The molecule has 0 saturated carbocycles. The Labute approximate surface area is 144 Å². The molecule has 3 aromatic carbocycles. The van der Waals surface area contributed by atoms with Crippen LogP contribution >= 0.6 is 0 Å². The minimum atomic E-state index is -0.00462. The van der Waals surface area contributed by atoms with Crippen LogP contribution in [0.15, 0.2) is 66.7 Å². The number of fused-ring (bicyclic) bond motifs is 1. The van der Waals surface area contributed by atoms with Crippen molar-refractivity contribution in [3.63, 3.8) is 0 Å². The van der Waals surface area contributed by atoms with Crippen LogP contribution in [0, 0.1) is 0 Å². The number of hydrogen-bond acceptors (Lipinski definition) is 4. The van der Waals surface area contributed by atoms with Crippen LogP contribution < -0.4 is 0 Å². The van der Waals surface area contributed by atoms with E-state index in [0.717, 1.165) is 21.9 Å². The number of Topliss-reactive ketones (excluding diaryl/α,β-unsaturated/α-hetero) is 1. The van der Waals surface area contributed by atoms with Crippen LogP contribution in [0.1, 0.15) is 22.8 Å². The molecule has 0 amide bonds. The van der Waals surface area contributed by atoms with Gasteiger partial charge >= 0.3 is 0 Å². The van der Waals surface area contributed by atoms with Crippen molar-refractivity contribution in [2.45, 2.75) is 13.5 Å². The lowest BCUT2D eigenvalue weighted by Gasteiger charge is -2.10. The number of nitrogens with zero attached hydrogens (tertiary/aromatic N) is 4. The highest BCUT2D eigenvalue weighted by Crippen LogP contribution is 2.28. The number of hydrogen-bond donors (Lipinski definition) is 0. The molecule has 0 aliphatic rings. The van der Waals surface area contributed by atoms with E-state index in [-0.39, 0.29) is 5.78 Å². The van der Waals surface area contributed by atoms with E-state index >= 15 is 0 Å². The summed E-state index contributed by atoms with van der Waals surface area (Å²) in [5.41, 5.74) is 2.48. The molecule has 5 nitrogen and oxygen atoms in total. The summed E-state index contributed by atoms with van der Waals surface area (Å²) in [6, 6.07) is 21.8. The normalized spacial score (nSPS) is 10.9. The third kappa shape index (κ3) is 2.92. The van der Waals surface area contributed by atoms with Crippen molar-refractivity contribution in [3.05, 3.63) is 77.9 Å². The van der Waals surface area contributed by atoms with Gasteiger partial charge in [0.15, 0.2) is 11.6 Å². The average molecular weight is 328 g/mol. The molecule has 0 saturated heterocycles. The number of rotatable bonds is 4. The first-order chi connectivity index (χ1) is 12.2. The largest absolute Gasteiger partial charge is 0.294 e. The highest BCUT2D eigenvalue weighted by Gasteiger charge is 2.17. The number of tetrazole rings is 1. The van der Waals surface area contributed by atoms with E-state index in [9.17, 15) is 4.79 Å². The van der Waals surface area contributed by atoms with Crippen LogP contribution in [0.25, 0.3) is 22.2 Å². The summed E-state index contributed by atoms with van der Waals surface area (Å²) in [4.78, 5) is 12.2. The van der Waals surface area contributed by atoms with Gasteiger partial charge in [-0.15, -0.1) is 5.10 Å². The molecule has 25 heavy (non-hydrogen) atoms. The van der Waals surface area contributed by atoms with Gasteiger partial charge in [0.1, 0.15) is 0 Å². The van der Waals surface area contributed by atoms with Crippen molar-refractivity contribution in [1.82, 2.24) is 20.2 Å². The fraction of sp³-hybridized carbons (Fsp3) is 0.100. The lowest BCUT2D eigenvalue weighted by molar-refractivity contribution is 0.101. The van der Waals surface area contributed by atoms with Crippen molar-refractivity contribution in [1.29, 1.82) is 0 Å². The smallest absolute Gasteiger partial charge is 0.183 e. The zero-order valence-electron chi connectivity index (χ0n) is 13.8. The Balaban J connectivity index is 1.86. The Morgan fingerprint density at radius 3 is 2.36 bits per heavy atom. The second-order valence-electron chi connectivity index (χ2n) is 5.95. The van der Waals surface area contributed by atoms with Crippen LogP contribution in [0.4, 0.5) is 0 Å². The molecule has 0 bridgehead atoms. The minimum absolute atomic E-state index is 0.00462. The minimum Gasteiger partial charge on any atom is -0.294 e. The van der Waals surface area contributed by atoms with Crippen molar-refractivity contribution in [2.75, 3.05) is 0 Å². The van der Waals surface area contributed by atoms with E-state index in [0.29, 0.717) is 17.9 Å². The van der Waals surface area contributed by atoms with Crippen molar-refractivity contribution >= 4 is 16.6 Å². The van der Waals surface area contributed by atoms with Crippen LogP contribution in [0.5, 0.6) is 0 Å². The third-order valence-corrected chi connectivity index (χ3v) is 4.21. The Morgan fingerprint density at radius 2 is 1.64 bits per heavy atom. The Hall–Kier alpha value is -3.34. The molecule has 0 spiro atoms. The summed E-state index contributed by atoms with van der Waals surface area (Å²) in [6.45, 7) is 2.12. The molecule has 4 rings (SSSR count). The van der Waals surface area contributed by atoms with Gasteiger partial charge in [-0.3, -0.25) is 4.79 Å². The standard InChI is InChI=1S/C20H16N4O/c1-14(25)18-11-16-9-5-6-10-17(16)12-19(18)20-21-22-23-24(20)13-15-7-3-2-4-8-15/h2-12H,13H2,1H3. The molecule has 0 aliphatic heterocycles. The lowest BCUT2D eigenvalue weighted by atomic mass is 9.98. The molecular weight excluding hydrogens is 312 g/mol. The molecule has 0 fully saturated rings. The summed E-state index contributed by atoms with van der Waals surface area (Å²) in [5.74, 6) is 0.592. The van der Waals surface area contributed by atoms with Gasteiger partial charge in [0, 0.05) is 11.1 Å². The predicted molar refractivity (Wildman–Crippen MR) is 96.3 cm³/mol. The fourth-order valence-electron chi connectivity index (χ4n) is 2.98. The molecule has 1 aromatic heterocycles. The summed E-state index contributed by atoms with van der Waals surface area (Å²) in [6.07, 6.45) is 0. The zero-order valence-corrected chi connectivity index (χ0v) is 13.8. The first-order valence-corrected chi connectivity index (χ1v) is 8.06. The molecule has 5 heteroatoms. The third-order valence-electron chi connectivity index (χ3n) is 4.21. The Bertz CT molecular complexity index is 1050. The fourth-order valence-corrected chi connectivity index (χ4v) is 2.98. The van der Waals surface area contributed by atoms with Crippen LogP contribution in [-0.2, 0) is 6.54 Å². The van der Waals surface area contributed by atoms with E-state index in [1.165, 1.54) is 0 Å². The Kier molecular flexibility index (Phi) is 3.82. The Morgan fingerprint density at radius 1 is 0.960 bits per heavy atom. The number of ketones is 1. The second kappa shape index (κ2) is 6.28. The van der Waals surface area contributed by atoms with E-state index < -0.39 is 0 Å². The molecule has 0 radical (unpaired) electrons. The summed E-state index contributed by atoms with van der Waals surface area (Å²) < 4.78 is 1.73. The molecule has 0 N–H and O–H groups in total. The second-order valence-corrected chi connectivity index (χ2v) is 5.95. The number of carbonyl (C=O) groups excluding carboxylic acids is 1. The van der Waals surface area contributed by atoms with Gasteiger partial charge < -0.3 is 0 Å². The van der Waals surface area contributed by atoms with Gasteiger partial charge in [-0.1, -0.05) is 54.6 Å². The molecule has 122 valence electrons. The lowest BCUT2D eigenvalue weighted by Crippen LogP contribution is -2.07. The summed E-state index contributed by atoms with van der Waals surface area (Å²) in [7, 11) is 0. The molecule has 0 atom stereocenters. The van der Waals surface area contributed by atoms with E-state index in [4.69, 9.17) is 0 Å². The first-order valence-electron chi connectivity index (χ1n) is 8.06. The monoisotopic (exact) mass is 328 g/mol. The maximum Gasteiger partial charge on any atom is 0.183 e. The van der Waals surface area contributed by atoms with Crippen molar-refractivity contribution in [2.24, 2.45) is 0 Å². The van der Waals surface area contributed by atoms with Gasteiger partial charge in [-0.05, 0) is 45.8 Å². The van der Waals surface area contributed by atoms with E-state index in [1.54, 1.807) is 11.6 Å². The topological polar surface area (TPSA) is 60.7 Å². The van der Waals surface area contributed by atoms with Crippen LogP contribution in [-0.4, -0.2) is 26.0 Å². The van der Waals surface area contributed by atoms with E-state index in [2.05, 4.69) is 15.5 Å². The highest BCUT2D eigenvalue weighted by molar-refractivity contribution is 6.04. The maximum absolute atomic E-state index is 12.2. The van der Waals surface area contributed by atoms with Gasteiger partial charge in [-0.2, -0.15) is 0 Å². The predicted octanol–water partition coefficient (Wildman–Crippen LogP) is 3.74. The first kappa shape index (κ1) is 15.2. The van der Waals surface area contributed by atoms with Gasteiger partial charge in [0.05, 0.1) is 6.54 Å².